The van der Waals surface area contributed by atoms with Crippen molar-refractivity contribution in [1.29, 1.82) is 0 Å². The molecule has 1 fully saturated rings. The molecule has 2 heterocycles. The number of hydrogen-bond acceptors (Lipinski definition) is 6. The maximum Gasteiger partial charge on any atom is 0.265 e. The van der Waals surface area contributed by atoms with Gasteiger partial charge in [-0.05, 0) is 13.5 Å². The van der Waals surface area contributed by atoms with Crippen molar-refractivity contribution in [3.63, 3.8) is 0 Å². The van der Waals surface area contributed by atoms with E-state index in [9.17, 15) is 4.79 Å². The van der Waals surface area contributed by atoms with Gasteiger partial charge >= 0.3 is 0 Å². The molecule has 106 valence electrons. The van der Waals surface area contributed by atoms with Crippen LogP contribution in [0.25, 0.3) is 0 Å². The van der Waals surface area contributed by atoms with Gasteiger partial charge in [-0.3, -0.25) is 4.79 Å². The predicted octanol–water partition coefficient (Wildman–Crippen LogP) is 0.617. The smallest absolute Gasteiger partial charge is 0.265 e. The van der Waals surface area contributed by atoms with Crippen LogP contribution in [-0.2, 0) is 0 Å². The summed E-state index contributed by atoms with van der Waals surface area (Å²) in [6.45, 7) is 6.57. The Labute approximate surface area is 117 Å². The van der Waals surface area contributed by atoms with Crippen molar-refractivity contribution in [2.45, 2.75) is 13.3 Å². The SMILES string of the molecule is CCCNC(=O)c1sc(N2CCN(C)CC2)nc1N. The molecule has 19 heavy (non-hydrogen) atoms. The number of carbonyl (C=O) groups excluding carboxylic acids is 1. The number of nitrogens with two attached hydrogens (primary N) is 1. The highest BCUT2D eigenvalue weighted by Crippen LogP contribution is 2.28. The summed E-state index contributed by atoms with van der Waals surface area (Å²) in [5.41, 5.74) is 5.85. The zero-order valence-corrected chi connectivity index (χ0v) is 12.3. The molecule has 1 aliphatic rings. The van der Waals surface area contributed by atoms with Gasteiger partial charge in [-0.1, -0.05) is 18.3 Å². The molecule has 0 aromatic carbocycles. The minimum Gasteiger partial charge on any atom is -0.382 e. The van der Waals surface area contributed by atoms with Crippen LogP contribution in [0.3, 0.4) is 0 Å². The second-order valence-electron chi connectivity index (χ2n) is 4.76. The van der Waals surface area contributed by atoms with Crippen LogP contribution < -0.4 is 16.0 Å². The number of thiazole rings is 1. The third-order valence-corrected chi connectivity index (χ3v) is 4.29. The summed E-state index contributed by atoms with van der Waals surface area (Å²) in [7, 11) is 2.11. The number of rotatable bonds is 4. The van der Waals surface area contributed by atoms with Crippen molar-refractivity contribution in [3.8, 4) is 0 Å². The van der Waals surface area contributed by atoms with Gasteiger partial charge in [0.25, 0.3) is 5.91 Å². The first-order valence-corrected chi connectivity index (χ1v) is 7.41. The van der Waals surface area contributed by atoms with E-state index in [1.807, 2.05) is 6.92 Å². The first kappa shape index (κ1) is 14.1. The summed E-state index contributed by atoms with van der Waals surface area (Å²) in [4.78, 5) is 21.3. The summed E-state index contributed by atoms with van der Waals surface area (Å²) in [5.74, 6) is 0.227. The van der Waals surface area contributed by atoms with E-state index in [1.54, 1.807) is 0 Å². The number of aromatic nitrogens is 1. The Morgan fingerprint density at radius 3 is 2.74 bits per heavy atom. The maximum atomic E-state index is 11.9. The summed E-state index contributed by atoms with van der Waals surface area (Å²) >= 11 is 1.39. The molecule has 0 bridgehead atoms. The lowest BCUT2D eigenvalue weighted by Gasteiger charge is -2.31. The van der Waals surface area contributed by atoms with Gasteiger partial charge in [0.2, 0.25) is 0 Å². The summed E-state index contributed by atoms with van der Waals surface area (Å²) in [6.07, 6.45) is 0.912. The van der Waals surface area contributed by atoms with E-state index in [4.69, 9.17) is 5.73 Å². The lowest BCUT2D eigenvalue weighted by molar-refractivity contribution is 0.0958. The first-order chi connectivity index (χ1) is 9.11. The van der Waals surface area contributed by atoms with E-state index in [1.165, 1.54) is 11.3 Å². The van der Waals surface area contributed by atoms with Gasteiger partial charge in [0.1, 0.15) is 10.7 Å². The molecule has 1 amide bonds. The fourth-order valence-corrected chi connectivity index (χ4v) is 2.89. The number of anilines is 2. The zero-order chi connectivity index (χ0) is 13.8. The number of hydrogen-bond donors (Lipinski definition) is 2. The van der Waals surface area contributed by atoms with E-state index in [0.717, 1.165) is 37.7 Å². The second kappa shape index (κ2) is 6.21. The number of amides is 1. The topological polar surface area (TPSA) is 74.5 Å². The average molecular weight is 283 g/mol. The molecule has 1 aliphatic heterocycles. The Balaban J connectivity index is 2.05. The molecular formula is C12H21N5OS. The number of nitrogens with one attached hydrogen (secondary N) is 1. The van der Waals surface area contributed by atoms with Crippen molar-refractivity contribution in [2.75, 3.05) is 50.4 Å². The molecular weight excluding hydrogens is 262 g/mol. The van der Waals surface area contributed by atoms with Crippen molar-refractivity contribution in [3.05, 3.63) is 4.88 Å². The van der Waals surface area contributed by atoms with Gasteiger partial charge in [-0.25, -0.2) is 4.98 Å². The fraction of sp³-hybridized carbons (Fsp3) is 0.667. The Morgan fingerprint density at radius 2 is 2.11 bits per heavy atom. The third-order valence-electron chi connectivity index (χ3n) is 3.16. The van der Waals surface area contributed by atoms with Crippen LogP contribution in [-0.4, -0.2) is 55.6 Å². The van der Waals surface area contributed by atoms with Crippen LogP contribution in [0.5, 0.6) is 0 Å². The highest BCUT2D eigenvalue weighted by molar-refractivity contribution is 7.18. The van der Waals surface area contributed by atoms with Crippen LogP contribution in [0, 0.1) is 0 Å². The fourth-order valence-electron chi connectivity index (χ4n) is 1.93. The van der Waals surface area contributed by atoms with Crippen molar-refractivity contribution >= 4 is 28.2 Å². The van der Waals surface area contributed by atoms with Crippen LogP contribution in [0.1, 0.15) is 23.0 Å². The van der Waals surface area contributed by atoms with E-state index >= 15 is 0 Å². The highest BCUT2D eigenvalue weighted by Gasteiger charge is 2.21. The van der Waals surface area contributed by atoms with E-state index in [0.29, 0.717) is 17.2 Å². The molecule has 0 unspecified atom stereocenters. The average Bonchev–Trinajstić information content (AvgIpc) is 2.79. The Hall–Kier alpha value is -1.34. The van der Waals surface area contributed by atoms with Gasteiger partial charge in [0.05, 0.1) is 0 Å². The van der Waals surface area contributed by atoms with Crippen LogP contribution in [0.15, 0.2) is 0 Å². The maximum absolute atomic E-state index is 11.9. The molecule has 7 heteroatoms. The molecule has 1 aromatic heterocycles. The second-order valence-corrected chi connectivity index (χ2v) is 5.73. The van der Waals surface area contributed by atoms with Crippen molar-refractivity contribution in [1.82, 2.24) is 15.2 Å². The summed E-state index contributed by atoms with van der Waals surface area (Å²) < 4.78 is 0. The number of likely N-dealkylation sites (N-methyl/N-ethyl adjacent to an activating group) is 1. The van der Waals surface area contributed by atoms with Gasteiger partial charge in [-0.2, -0.15) is 0 Å². The first-order valence-electron chi connectivity index (χ1n) is 6.59. The van der Waals surface area contributed by atoms with Crippen LogP contribution in [0.2, 0.25) is 0 Å². The number of carbonyl (C=O) groups is 1. The van der Waals surface area contributed by atoms with E-state index in [2.05, 4.69) is 27.1 Å². The van der Waals surface area contributed by atoms with E-state index < -0.39 is 0 Å². The van der Waals surface area contributed by atoms with Gasteiger partial charge in [-0.15, -0.1) is 0 Å². The normalized spacial score (nSPS) is 16.6. The highest BCUT2D eigenvalue weighted by atomic mass is 32.1. The summed E-state index contributed by atoms with van der Waals surface area (Å²) in [6, 6.07) is 0. The lowest BCUT2D eigenvalue weighted by atomic mass is 10.3. The molecule has 0 atom stereocenters. The molecule has 3 N–H and O–H groups in total. The number of nitrogen functional groups attached to an aromatic ring is 1. The van der Waals surface area contributed by atoms with Gasteiger partial charge in [0.15, 0.2) is 5.13 Å². The van der Waals surface area contributed by atoms with Gasteiger partial charge in [0, 0.05) is 32.7 Å². The Kier molecular flexibility index (Phi) is 4.60. The van der Waals surface area contributed by atoms with Crippen LogP contribution in [0.4, 0.5) is 10.9 Å². The largest absolute Gasteiger partial charge is 0.382 e. The Bertz CT molecular complexity index is 439. The zero-order valence-electron chi connectivity index (χ0n) is 11.5. The predicted molar refractivity (Wildman–Crippen MR) is 78.9 cm³/mol. The molecule has 1 aromatic rings. The molecule has 0 spiro atoms. The van der Waals surface area contributed by atoms with Gasteiger partial charge < -0.3 is 20.9 Å². The van der Waals surface area contributed by atoms with Crippen molar-refractivity contribution < 1.29 is 4.79 Å². The lowest BCUT2D eigenvalue weighted by Crippen LogP contribution is -2.44. The minimum absolute atomic E-state index is 0.114. The minimum atomic E-state index is -0.114. The quantitative estimate of drug-likeness (QED) is 0.847. The van der Waals surface area contributed by atoms with Crippen molar-refractivity contribution in [2.24, 2.45) is 0 Å². The monoisotopic (exact) mass is 283 g/mol. The number of nitrogens with zero attached hydrogens (tertiary/aromatic N) is 3. The molecule has 0 radical (unpaired) electrons. The Morgan fingerprint density at radius 1 is 1.42 bits per heavy atom. The standard InChI is InChI=1S/C12H21N5OS/c1-3-4-14-11(18)9-10(13)15-12(19-9)17-7-5-16(2)6-8-17/h3-8,13H2,1-2H3,(H,14,18). The third kappa shape index (κ3) is 3.36. The molecule has 0 aliphatic carbocycles. The molecule has 2 rings (SSSR count). The van der Waals surface area contributed by atoms with Crippen LogP contribution >= 0.6 is 11.3 Å². The van der Waals surface area contributed by atoms with E-state index in [-0.39, 0.29) is 5.91 Å². The molecule has 6 nitrogen and oxygen atoms in total. The molecule has 0 saturated carbocycles. The molecule has 1 saturated heterocycles. The summed E-state index contributed by atoms with van der Waals surface area (Å²) in [5, 5.41) is 3.69. The number of piperazine rings is 1.